The molecule has 4 rings (SSSR count). The number of benzene rings is 2. The molecule has 1 N–H and O–H groups in total. The van der Waals surface area contributed by atoms with Gasteiger partial charge in [-0.3, -0.25) is 4.90 Å². The molecule has 0 atom stereocenters. The third-order valence-electron chi connectivity index (χ3n) is 6.31. The van der Waals surface area contributed by atoms with Gasteiger partial charge >= 0.3 is 6.09 Å². The van der Waals surface area contributed by atoms with E-state index < -0.39 is 11.9 Å². The topological polar surface area (TPSA) is 79.8 Å². The van der Waals surface area contributed by atoms with Crippen LogP contribution in [-0.2, 0) is 0 Å². The molecule has 37 heavy (non-hydrogen) atoms. The fourth-order valence-corrected chi connectivity index (χ4v) is 4.15. The molecule has 3 aromatic rings. The number of hydrogen-bond acceptors (Lipinski definition) is 7. The second kappa shape index (κ2) is 12.5. The van der Waals surface area contributed by atoms with E-state index in [-0.39, 0.29) is 11.7 Å². The molecule has 0 unspecified atom stereocenters. The first-order chi connectivity index (χ1) is 17.9. The van der Waals surface area contributed by atoms with E-state index in [1.165, 1.54) is 36.4 Å². The van der Waals surface area contributed by atoms with Crippen LogP contribution in [0, 0.1) is 19.7 Å². The van der Waals surface area contributed by atoms with Gasteiger partial charge in [0.2, 0.25) is 5.95 Å². The minimum Gasteiger partial charge on any atom is -0.490 e. The van der Waals surface area contributed by atoms with E-state index in [1.807, 2.05) is 32.0 Å². The minimum absolute atomic E-state index is 0.216. The Hall–Kier alpha value is -3.72. The van der Waals surface area contributed by atoms with Crippen molar-refractivity contribution in [3.05, 3.63) is 65.6 Å². The van der Waals surface area contributed by atoms with Gasteiger partial charge in [0.15, 0.2) is 11.6 Å². The number of piperidine rings is 1. The van der Waals surface area contributed by atoms with Crippen molar-refractivity contribution >= 4 is 23.5 Å². The van der Waals surface area contributed by atoms with E-state index in [2.05, 4.69) is 20.2 Å². The summed E-state index contributed by atoms with van der Waals surface area (Å²) < 4.78 is 25.8. The maximum atomic E-state index is 14.6. The molecule has 2 heterocycles. The van der Waals surface area contributed by atoms with Gasteiger partial charge in [-0.25, -0.2) is 14.2 Å². The summed E-state index contributed by atoms with van der Waals surface area (Å²) in [6.45, 7) is 7.53. The summed E-state index contributed by atoms with van der Waals surface area (Å²) in [4.78, 5) is 25.0. The molecule has 0 radical (unpaired) electrons. The molecular weight excluding hydrogens is 473 g/mol. The molecule has 196 valence electrons. The highest BCUT2D eigenvalue weighted by Crippen LogP contribution is 2.24. The van der Waals surface area contributed by atoms with E-state index in [4.69, 9.17) is 9.47 Å². The monoisotopic (exact) mass is 507 g/mol. The molecule has 1 fully saturated rings. The Labute approximate surface area is 217 Å². The van der Waals surface area contributed by atoms with Gasteiger partial charge < -0.3 is 19.7 Å². The lowest BCUT2D eigenvalue weighted by Gasteiger charge is -2.26. The third kappa shape index (κ3) is 7.39. The maximum Gasteiger partial charge on any atom is 0.420 e. The molecule has 1 amide bonds. The quantitative estimate of drug-likeness (QED) is 0.363. The summed E-state index contributed by atoms with van der Waals surface area (Å²) in [5.74, 6) is 0.801. The number of carbonyl (C=O) groups is 1. The molecular formula is C28H34FN5O3. The van der Waals surface area contributed by atoms with Crippen LogP contribution in [0.25, 0.3) is 0 Å². The van der Waals surface area contributed by atoms with E-state index in [9.17, 15) is 9.18 Å². The Morgan fingerprint density at radius 3 is 2.68 bits per heavy atom. The minimum atomic E-state index is -0.578. The maximum absolute atomic E-state index is 14.6. The molecule has 0 saturated carbocycles. The molecule has 9 heteroatoms. The van der Waals surface area contributed by atoms with Gasteiger partial charge in [0, 0.05) is 31.5 Å². The van der Waals surface area contributed by atoms with Crippen LogP contribution in [0.15, 0.2) is 48.7 Å². The number of anilines is 3. The second-order valence-corrected chi connectivity index (χ2v) is 9.31. The summed E-state index contributed by atoms with van der Waals surface area (Å²) in [5, 5.41) is 2.98. The number of carbonyl (C=O) groups excluding carboxylic acids is 1. The Morgan fingerprint density at radius 1 is 1.08 bits per heavy atom. The number of ether oxygens (including phenoxy) is 2. The van der Waals surface area contributed by atoms with Crippen LogP contribution in [0.4, 0.5) is 26.6 Å². The van der Waals surface area contributed by atoms with Crippen molar-refractivity contribution in [3.63, 3.8) is 0 Å². The summed E-state index contributed by atoms with van der Waals surface area (Å²) in [6, 6.07) is 11.9. The Kier molecular flexibility index (Phi) is 8.90. The highest BCUT2D eigenvalue weighted by Gasteiger charge is 2.17. The van der Waals surface area contributed by atoms with E-state index in [0.717, 1.165) is 37.2 Å². The number of nitrogens with one attached hydrogen (secondary N) is 1. The zero-order chi connectivity index (χ0) is 26.2. The lowest BCUT2D eigenvalue weighted by atomic mass is 10.1. The van der Waals surface area contributed by atoms with E-state index >= 15 is 0 Å². The fourth-order valence-electron chi connectivity index (χ4n) is 4.15. The Balaban J connectivity index is 1.32. The van der Waals surface area contributed by atoms with Gasteiger partial charge in [-0.15, -0.1) is 0 Å². The molecule has 1 aromatic heterocycles. The van der Waals surface area contributed by atoms with Gasteiger partial charge in [-0.1, -0.05) is 18.6 Å². The SMILES string of the molecule is Cc1ccc(C)c(OC(=O)N(C)c2ccnc(Nc3ccc(OCCCN4CCCCC4)c(F)c3)n2)c1. The smallest absolute Gasteiger partial charge is 0.420 e. The van der Waals surface area contributed by atoms with Crippen LogP contribution >= 0.6 is 0 Å². The number of halogens is 1. The van der Waals surface area contributed by atoms with Crippen LogP contribution in [0.1, 0.15) is 36.8 Å². The van der Waals surface area contributed by atoms with Crippen LogP contribution < -0.4 is 19.7 Å². The van der Waals surface area contributed by atoms with E-state index in [0.29, 0.717) is 23.9 Å². The van der Waals surface area contributed by atoms with Crippen molar-refractivity contribution in [2.75, 3.05) is 43.5 Å². The van der Waals surface area contributed by atoms with Crippen molar-refractivity contribution in [2.24, 2.45) is 0 Å². The average molecular weight is 508 g/mol. The lowest BCUT2D eigenvalue weighted by Crippen LogP contribution is -2.31. The highest BCUT2D eigenvalue weighted by atomic mass is 19.1. The number of amides is 1. The number of rotatable bonds is 9. The molecule has 2 aromatic carbocycles. The second-order valence-electron chi connectivity index (χ2n) is 9.31. The number of hydrogen-bond donors (Lipinski definition) is 1. The first-order valence-electron chi connectivity index (χ1n) is 12.7. The molecule has 1 saturated heterocycles. The first-order valence-corrected chi connectivity index (χ1v) is 12.7. The molecule has 0 bridgehead atoms. The van der Waals surface area contributed by atoms with Crippen molar-refractivity contribution in [1.29, 1.82) is 0 Å². The normalized spacial score (nSPS) is 13.7. The summed E-state index contributed by atoms with van der Waals surface area (Å²) >= 11 is 0. The zero-order valence-electron chi connectivity index (χ0n) is 21.7. The average Bonchev–Trinajstić information content (AvgIpc) is 2.90. The van der Waals surface area contributed by atoms with Crippen molar-refractivity contribution in [3.8, 4) is 11.5 Å². The summed E-state index contributed by atoms with van der Waals surface area (Å²) in [6.07, 6.45) is 5.62. The third-order valence-corrected chi connectivity index (χ3v) is 6.31. The predicted octanol–water partition coefficient (Wildman–Crippen LogP) is 5.87. The van der Waals surface area contributed by atoms with Crippen molar-refractivity contribution in [1.82, 2.24) is 14.9 Å². The molecule has 1 aliphatic rings. The number of nitrogens with zero attached hydrogens (tertiary/aromatic N) is 4. The highest BCUT2D eigenvalue weighted by molar-refractivity contribution is 5.87. The van der Waals surface area contributed by atoms with Gasteiger partial charge in [-0.05, 0) is 81.6 Å². The summed E-state index contributed by atoms with van der Waals surface area (Å²) in [7, 11) is 1.57. The fraction of sp³-hybridized carbons (Fsp3) is 0.393. The van der Waals surface area contributed by atoms with Crippen molar-refractivity contribution < 1.29 is 18.7 Å². The largest absolute Gasteiger partial charge is 0.490 e. The predicted molar refractivity (Wildman–Crippen MR) is 142 cm³/mol. The van der Waals surface area contributed by atoms with Gasteiger partial charge in [0.1, 0.15) is 11.6 Å². The van der Waals surface area contributed by atoms with Gasteiger partial charge in [0.25, 0.3) is 0 Å². The van der Waals surface area contributed by atoms with E-state index in [1.54, 1.807) is 25.2 Å². The molecule has 1 aliphatic heterocycles. The molecule has 0 spiro atoms. The number of aryl methyl sites for hydroxylation is 2. The van der Waals surface area contributed by atoms with Crippen LogP contribution in [0.3, 0.4) is 0 Å². The van der Waals surface area contributed by atoms with Gasteiger partial charge in [-0.2, -0.15) is 4.98 Å². The first kappa shape index (κ1) is 26.3. The Bertz CT molecular complexity index is 1220. The number of likely N-dealkylation sites (tertiary alicyclic amines) is 1. The zero-order valence-corrected chi connectivity index (χ0v) is 21.7. The summed E-state index contributed by atoms with van der Waals surface area (Å²) in [5.41, 5.74) is 2.32. The standard InChI is InChI=1S/C28H34FN5O3/c1-20-8-9-21(2)25(18-20)37-28(35)33(3)26-12-13-30-27(32-26)31-22-10-11-24(23(29)19-22)36-17-7-16-34-14-5-4-6-15-34/h8-13,18-19H,4-7,14-17H2,1-3H3,(H,30,31,32). The number of aromatic nitrogens is 2. The van der Waals surface area contributed by atoms with Crippen molar-refractivity contribution in [2.45, 2.75) is 39.5 Å². The Morgan fingerprint density at radius 2 is 1.89 bits per heavy atom. The van der Waals surface area contributed by atoms with Crippen LogP contribution in [0.2, 0.25) is 0 Å². The van der Waals surface area contributed by atoms with Gasteiger partial charge in [0.05, 0.1) is 6.61 Å². The van der Waals surface area contributed by atoms with Crippen LogP contribution in [0.5, 0.6) is 11.5 Å². The molecule has 0 aliphatic carbocycles. The lowest BCUT2D eigenvalue weighted by molar-refractivity contribution is 0.203. The molecule has 8 nitrogen and oxygen atoms in total. The van der Waals surface area contributed by atoms with Crippen LogP contribution in [-0.4, -0.2) is 54.2 Å².